The number of hydrogen-bond acceptors (Lipinski definition) is 6. The maximum Gasteiger partial charge on any atom is 0.410 e. The van der Waals surface area contributed by atoms with Crippen LogP contribution >= 0.6 is 0 Å². The molecule has 0 radical (unpaired) electrons. The number of amides is 1. The van der Waals surface area contributed by atoms with Crippen molar-refractivity contribution in [2.45, 2.75) is 66.9 Å². The van der Waals surface area contributed by atoms with Gasteiger partial charge in [-0.2, -0.15) is 0 Å². The van der Waals surface area contributed by atoms with Crippen LogP contribution in [0.15, 0.2) is 57.2 Å². The van der Waals surface area contributed by atoms with E-state index in [0.29, 0.717) is 31.5 Å². The van der Waals surface area contributed by atoms with E-state index in [-0.39, 0.29) is 14.7 Å². The highest BCUT2D eigenvalue weighted by molar-refractivity contribution is 7.91. The summed E-state index contributed by atoms with van der Waals surface area (Å²) in [4.78, 5) is 13.3. The molecule has 34 heavy (non-hydrogen) atoms. The van der Waals surface area contributed by atoms with Crippen LogP contribution in [0.5, 0.6) is 0 Å². The molecule has 0 bridgehead atoms. The number of nitrogens with one attached hydrogen (secondary N) is 1. The van der Waals surface area contributed by atoms with Crippen LogP contribution in [-0.2, 0) is 24.6 Å². The van der Waals surface area contributed by atoms with Gasteiger partial charge in [-0.1, -0.05) is 6.07 Å². The Labute approximate surface area is 200 Å². The van der Waals surface area contributed by atoms with Crippen LogP contribution in [0.4, 0.5) is 9.18 Å². The van der Waals surface area contributed by atoms with E-state index < -0.39 is 43.4 Å². The molecule has 2 aromatic rings. The first kappa shape index (κ1) is 26.1. The van der Waals surface area contributed by atoms with Crippen LogP contribution in [0.2, 0.25) is 0 Å². The van der Waals surface area contributed by atoms with Crippen LogP contribution < -0.4 is 4.72 Å². The average molecular weight is 513 g/mol. The van der Waals surface area contributed by atoms with Gasteiger partial charge >= 0.3 is 6.09 Å². The summed E-state index contributed by atoms with van der Waals surface area (Å²) in [7, 11) is -8.08. The molecule has 1 aliphatic rings. The van der Waals surface area contributed by atoms with Gasteiger partial charge in [0.25, 0.3) is 0 Å². The second-order valence-electron chi connectivity index (χ2n) is 9.25. The molecule has 3 rings (SSSR count). The lowest BCUT2D eigenvalue weighted by atomic mass is 10.1. The summed E-state index contributed by atoms with van der Waals surface area (Å²) >= 11 is 0. The number of rotatable bonds is 5. The summed E-state index contributed by atoms with van der Waals surface area (Å²) in [5.41, 5.74) is -0.233. The van der Waals surface area contributed by atoms with Crippen LogP contribution in [0, 0.1) is 12.7 Å². The van der Waals surface area contributed by atoms with Crippen molar-refractivity contribution in [1.82, 2.24) is 9.62 Å². The van der Waals surface area contributed by atoms with Crippen molar-refractivity contribution in [2.75, 3.05) is 13.1 Å². The zero-order valence-electron chi connectivity index (χ0n) is 19.5. The van der Waals surface area contributed by atoms with E-state index in [9.17, 15) is 26.0 Å². The third kappa shape index (κ3) is 6.13. The number of halogens is 1. The Morgan fingerprint density at radius 3 is 2.12 bits per heavy atom. The number of benzene rings is 2. The molecule has 0 aromatic heterocycles. The van der Waals surface area contributed by atoms with Gasteiger partial charge in [0.1, 0.15) is 11.4 Å². The highest BCUT2D eigenvalue weighted by Gasteiger charge is 2.30. The van der Waals surface area contributed by atoms with Crippen LogP contribution in [0.1, 0.15) is 39.2 Å². The van der Waals surface area contributed by atoms with Crippen molar-refractivity contribution < 1.29 is 30.8 Å². The maximum absolute atomic E-state index is 13.2. The molecule has 186 valence electrons. The molecule has 0 atom stereocenters. The minimum absolute atomic E-state index is 0.136. The Morgan fingerprint density at radius 2 is 1.56 bits per heavy atom. The number of carbonyl (C=O) groups is 1. The number of ether oxygens (including phenoxy) is 1. The van der Waals surface area contributed by atoms with E-state index >= 15 is 0 Å². The highest BCUT2D eigenvalue weighted by Crippen LogP contribution is 2.26. The molecule has 1 saturated heterocycles. The molecule has 0 spiro atoms. The third-order valence-corrected chi connectivity index (χ3v) is 8.78. The number of hydrogen-bond donors (Lipinski definition) is 1. The van der Waals surface area contributed by atoms with Crippen LogP contribution in [0.25, 0.3) is 0 Å². The molecule has 1 aliphatic heterocycles. The first-order valence-electron chi connectivity index (χ1n) is 10.8. The number of sulfone groups is 1. The molecule has 1 amide bonds. The standard InChI is InChI=1S/C23H29FN2O6S2/c1-16-5-8-20(33(28,29)19-9-6-17(24)7-10-19)15-21(16)34(30,31)25-18-11-13-26(14-12-18)22(27)32-23(2,3)4/h5-10,15,18,25H,11-14H2,1-4H3. The number of sulfonamides is 1. The maximum atomic E-state index is 13.2. The highest BCUT2D eigenvalue weighted by atomic mass is 32.2. The van der Waals surface area contributed by atoms with Crippen molar-refractivity contribution in [3.05, 3.63) is 53.8 Å². The van der Waals surface area contributed by atoms with Crippen molar-refractivity contribution in [2.24, 2.45) is 0 Å². The molecule has 1 N–H and O–H groups in total. The molecular formula is C23H29FN2O6S2. The fraction of sp³-hybridized carbons (Fsp3) is 0.435. The van der Waals surface area contributed by atoms with Crippen molar-refractivity contribution in [1.29, 1.82) is 0 Å². The number of likely N-dealkylation sites (tertiary alicyclic amines) is 1. The summed E-state index contributed by atoms with van der Waals surface area (Å²) in [6.07, 6.45) is 0.347. The van der Waals surface area contributed by atoms with Gasteiger partial charge < -0.3 is 9.64 Å². The molecule has 2 aromatic carbocycles. The Bertz CT molecular complexity index is 1260. The molecule has 0 aliphatic carbocycles. The molecule has 0 saturated carbocycles. The van der Waals surface area contributed by atoms with Gasteiger partial charge in [0.2, 0.25) is 19.9 Å². The smallest absolute Gasteiger partial charge is 0.410 e. The summed E-state index contributed by atoms with van der Waals surface area (Å²) in [5, 5.41) is 0. The second kappa shape index (κ2) is 9.63. The zero-order chi connectivity index (χ0) is 25.3. The number of carbonyl (C=O) groups excluding carboxylic acids is 1. The summed E-state index contributed by atoms with van der Waals surface area (Å²) in [6.45, 7) is 7.57. The second-order valence-corrected chi connectivity index (χ2v) is 12.9. The lowest BCUT2D eigenvalue weighted by Crippen LogP contribution is -2.47. The van der Waals surface area contributed by atoms with Gasteiger partial charge in [-0.3, -0.25) is 0 Å². The molecule has 1 heterocycles. The van der Waals surface area contributed by atoms with Crippen LogP contribution in [-0.4, -0.2) is 52.6 Å². The summed E-state index contributed by atoms with van der Waals surface area (Å²) < 4.78 is 73.3. The summed E-state index contributed by atoms with van der Waals surface area (Å²) in [6, 6.07) is 7.79. The third-order valence-electron chi connectivity index (χ3n) is 5.35. The normalized spacial score (nSPS) is 15.9. The van der Waals surface area contributed by atoms with E-state index in [4.69, 9.17) is 4.74 Å². The van der Waals surface area contributed by atoms with Crippen molar-refractivity contribution >= 4 is 26.0 Å². The van der Waals surface area contributed by atoms with Crippen molar-refractivity contribution in [3.63, 3.8) is 0 Å². The number of nitrogens with zero attached hydrogens (tertiary/aromatic N) is 1. The van der Waals surface area contributed by atoms with Gasteiger partial charge in [-0.25, -0.2) is 30.7 Å². The number of aryl methyl sites for hydroxylation is 1. The van der Waals surface area contributed by atoms with E-state index in [1.807, 2.05) is 0 Å². The Kier molecular flexibility index (Phi) is 7.40. The van der Waals surface area contributed by atoms with E-state index in [1.54, 1.807) is 27.7 Å². The SMILES string of the molecule is Cc1ccc(S(=O)(=O)c2ccc(F)cc2)cc1S(=O)(=O)NC1CCN(C(=O)OC(C)(C)C)CC1. The fourth-order valence-electron chi connectivity index (χ4n) is 3.58. The molecule has 8 nitrogen and oxygen atoms in total. The predicted octanol–water partition coefficient (Wildman–Crippen LogP) is 3.64. The average Bonchev–Trinajstić information content (AvgIpc) is 2.73. The van der Waals surface area contributed by atoms with Crippen molar-refractivity contribution in [3.8, 4) is 0 Å². The monoisotopic (exact) mass is 512 g/mol. The lowest BCUT2D eigenvalue weighted by molar-refractivity contribution is 0.0203. The first-order chi connectivity index (χ1) is 15.7. The fourth-order valence-corrected chi connectivity index (χ4v) is 6.51. The topological polar surface area (TPSA) is 110 Å². The predicted molar refractivity (Wildman–Crippen MR) is 124 cm³/mol. The van der Waals surface area contributed by atoms with Gasteiger partial charge in [-0.05, 0) is 82.5 Å². The molecule has 1 fully saturated rings. The van der Waals surface area contributed by atoms with Gasteiger partial charge in [-0.15, -0.1) is 0 Å². The van der Waals surface area contributed by atoms with E-state index in [1.165, 1.54) is 17.0 Å². The van der Waals surface area contributed by atoms with E-state index in [2.05, 4.69) is 4.72 Å². The Balaban J connectivity index is 1.76. The molecule has 11 heteroatoms. The van der Waals surface area contributed by atoms with Gasteiger partial charge in [0.15, 0.2) is 0 Å². The first-order valence-corrected chi connectivity index (χ1v) is 13.8. The zero-order valence-corrected chi connectivity index (χ0v) is 21.2. The van der Waals surface area contributed by atoms with E-state index in [0.717, 1.165) is 30.3 Å². The molecule has 0 unspecified atom stereocenters. The van der Waals surface area contributed by atoms with Gasteiger partial charge in [0.05, 0.1) is 14.7 Å². The lowest BCUT2D eigenvalue weighted by Gasteiger charge is -2.33. The summed E-state index contributed by atoms with van der Waals surface area (Å²) in [5.74, 6) is -0.576. The minimum Gasteiger partial charge on any atom is -0.444 e. The van der Waals surface area contributed by atoms with Gasteiger partial charge in [0, 0.05) is 19.1 Å². The molecular weight excluding hydrogens is 483 g/mol. The van der Waals surface area contributed by atoms with Crippen LogP contribution in [0.3, 0.4) is 0 Å². The minimum atomic E-state index is -4.04. The quantitative estimate of drug-likeness (QED) is 0.613. The Hall–Kier alpha value is -2.50. The Morgan fingerprint density at radius 1 is 1.00 bits per heavy atom. The largest absolute Gasteiger partial charge is 0.444 e. The number of piperidine rings is 1.